The van der Waals surface area contributed by atoms with Crippen molar-refractivity contribution in [1.29, 1.82) is 0 Å². The number of anilines is 1. The summed E-state index contributed by atoms with van der Waals surface area (Å²) >= 11 is 6.14. The van der Waals surface area contributed by atoms with E-state index < -0.39 is 0 Å². The number of halogens is 1. The van der Waals surface area contributed by atoms with Crippen molar-refractivity contribution in [2.75, 3.05) is 5.32 Å². The van der Waals surface area contributed by atoms with Crippen molar-refractivity contribution in [3.05, 3.63) is 52.6 Å². The SMILES string of the molecule is CC.CC1=CC=CCC1(C)Nc1cccc(Cl)c1C. The number of allylic oxidation sites excluding steroid dienone is 2. The molecule has 1 aromatic rings. The van der Waals surface area contributed by atoms with Crippen LogP contribution in [0.1, 0.15) is 39.7 Å². The molecule has 0 spiro atoms. The molecule has 1 aromatic carbocycles. The molecule has 1 nitrogen and oxygen atoms in total. The van der Waals surface area contributed by atoms with Gasteiger partial charge >= 0.3 is 0 Å². The number of benzene rings is 1. The van der Waals surface area contributed by atoms with Gasteiger partial charge in [0.05, 0.1) is 5.54 Å². The minimum atomic E-state index is -0.00973. The number of rotatable bonds is 2. The van der Waals surface area contributed by atoms with Gasteiger partial charge in [-0.15, -0.1) is 0 Å². The summed E-state index contributed by atoms with van der Waals surface area (Å²) in [7, 11) is 0. The van der Waals surface area contributed by atoms with E-state index in [0.29, 0.717) is 0 Å². The quantitative estimate of drug-likeness (QED) is 0.725. The Kier molecular flexibility index (Phi) is 5.68. The lowest BCUT2D eigenvalue weighted by molar-refractivity contribution is 0.600. The van der Waals surface area contributed by atoms with Gasteiger partial charge in [0.15, 0.2) is 0 Å². The van der Waals surface area contributed by atoms with E-state index in [-0.39, 0.29) is 5.54 Å². The first-order valence-corrected chi connectivity index (χ1v) is 7.28. The summed E-state index contributed by atoms with van der Waals surface area (Å²) in [5, 5.41) is 4.42. The highest BCUT2D eigenvalue weighted by Crippen LogP contribution is 2.32. The van der Waals surface area contributed by atoms with Gasteiger partial charge in [0.25, 0.3) is 0 Å². The second kappa shape index (κ2) is 6.81. The fourth-order valence-corrected chi connectivity index (χ4v) is 2.23. The maximum atomic E-state index is 6.14. The van der Waals surface area contributed by atoms with Gasteiger partial charge in [-0.25, -0.2) is 0 Å². The van der Waals surface area contributed by atoms with Crippen molar-refractivity contribution in [3.63, 3.8) is 0 Å². The molecule has 1 aliphatic rings. The highest BCUT2D eigenvalue weighted by Gasteiger charge is 2.26. The summed E-state index contributed by atoms with van der Waals surface area (Å²) in [6.45, 7) is 10.4. The van der Waals surface area contributed by atoms with Crippen LogP contribution in [-0.4, -0.2) is 5.54 Å². The third kappa shape index (κ3) is 3.63. The van der Waals surface area contributed by atoms with Crippen LogP contribution in [0.3, 0.4) is 0 Å². The van der Waals surface area contributed by atoms with Crippen LogP contribution in [0, 0.1) is 6.92 Å². The Hall–Kier alpha value is -1.21. The largest absolute Gasteiger partial charge is 0.376 e. The molecule has 0 amide bonds. The van der Waals surface area contributed by atoms with Gasteiger partial charge in [0.1, 0.15) is 0 Å². The van der Waals surface area contributed by atoms with Gasteiger partial charge in [-0.05, 0) is 50.5 Å². The van der Waals surface area contributed by atoms with E-state index in [2.05, 4.69) is 43.5 Å². The van der Waals surface area contributed by atoms with E-state index in [1.54, 1.807) is 0 Å². The molecule has 0 fully saturated rings. The Balaban J connectivity index is 0.000000861. The van der Waals surface area contributed by atoms with Crippen molar-refractivity contribution >= 4 is 17.3 Å². The second-order valence-corrected chi connectivity index (χ2v) is 5.26. The lowest BCUT2D eigenvalue weighted by Gasteiger charge is -2.34. The summed E-state index contributed by atoms with van der Waals surface area (Å²) in [5.41, 5.74) is 3.56. The Morgan fingerprint density at radius 1 is 1.21 bits per heavy atom. The van der Waals surface area contributed by atoms with Crippen LogP contribution in [0.4, 0.5) is 5.69 Å². The van der Waals surface area contributed by atoms with Crippen LogP contribution in [-0.2, 0) is 0 Å². The summed E-state index contributed by atoms with van der Waals surface area (Å²) in [4.78, 5) is 0. The zero-order valence-electron chi connectivity index (χ0n) is 12.5. The number of hydrogen-bond acceptors (Lipinski definition) is 1. The molecule has 104 valence electrons. The molecule has 0 saturated carbocycles. The lowest BCUT2D eigenvalue weighted by Crippen LogP contribution is -2.36. The Bertz CT molecular complexity index is 488. The van der Waals surface area contributed by atoms with Crippen molar-refractivity contribution in [2.45, 2.75) is 46.6 Å². The van der Waals surface area contributed by atoms with E-state index in [1.807, 2.05) is 32.9 Å². The van der Waals surface area contributed by atoms with Crippen LogP contribution in [0.2, 0.25) is 5.02 Å². The molecule has 0 heterocycles. The van der Waals surface area contributed by atoms with Crippen LogP contribution in [0.25, 0.3) is 0 Å². The van der Waals surface area contributed by atoms with E-state index >= 15 is 0 Å². The Morgan fingerprint density at radius 2 is 1.89 bits per heavy atom. The minimum absolute atomic E-state index is 0.00973. The molecule has 0 bridgehead atoms. The topological polar surface area (TPSA) is 12.0 Å². The van der Waals surface area contributed by atoms with E-state index in [4.69, 9.17) is 11.6 Å². The average molecular weight is 278 g/mol. The molecule has 19 heavy (non-hydrogen) atoms. The Morgan fingerprint density at radius 3 is 2.53 bits per heavy atom. The summed E-state index contributed by atoms with van der Waals surface area (Å²) in [5.74, 6) is 0. The van der Waals surface area contributed by atoms with Gasteiger partial charge in [-0.2, -0.15) is 0 Å². The Labute approximate surface area is 122 Å². The monoisotopic (exact) mass is 277 g/mol. The van der Waals surface area contributed by atoms with Crippen LogP contribution in [0.5, 0.6) is 0 Å². The van der Waals surface area contributed by atoms with Gasteiger partial charge in [0.2, 0.25) is 0 Å². The van der Waals surface area contributed by atoms with E-state index in [0.717, 1.165) is 22.7 Å². The first-order chi connectivity index (χ1) is 9.03. The van der Waals surface area contributed by atoms with Crippen LogP contribution < -0.4 is 5.32 Å². The smallest absolute Gasteiger partial charge is 0.0592 e. The molecule has 1 unspecified atom stereocenters. The lowest BCUT2D eigenvalue weighted by atomic mass is 9.85. The summed E-state index contributed by atoms with van der Waals surface area (Å²) < 4.78 is 0. The molecular formula is C17H24ClN. The highest BCUT2D eigenvalue weighted by molar-refractivity contribution is 6.31. The zero-order valence-corrected chi connectivity index (χ0v) is 13.3. The van der Waals surface area contributed by atoms with E-state index in [9.17, 15) is 0 Å². The summed E-state index contributed by atoms with van der Waals surface area (Å²) in [6, 6.07) is 5.99. The average Bonchev–Trinajstić information content (AvgIpc) is 2.41. The van der Waals surface area contributed by atoms with Gasteiger partial charge in [-0.1, -0.05) is 49.7 Å². The van der Waals surface area contributed by atoms with Crippen molar-refractivity contribution in [3.8, 4) is 0 Å². The maximum absolute atomic E-state index is 6.14. The summed E-state index contributed by atoms with van der Waals surface area (Å²) in [6.07, 6.45) is 7.47. The van der Waals surface area contributed by atoms with Crippen LogP contribution >= 0.6 is 11.6 Å². The van der Waals surface area contributed by atoms with Gasteiger partial charge in [0, 0.05) is 10.7 Å². The molecule has 1 aliphatic carbocycles. The molecule has 2 rings (SSSR count). The van der Waals surface area contributed by atoms with Gasteiger partial charge < -0.3 is 5.32 Å². The first kappa shape index (κ1) is 15.8. The zero-order chi connectivity index (χ0) is 14.5. The normalized spacial score (nSPS) is 21.3. The third-order valence-corrected chi connectivity index (χ3v) is 3.97. The molecule has 0 saturated heterocycles. The fourth-order valence-electron chi connectivity index (χ4n) is 2.05. The van der Waals surface area contributed by atoms with Gasteiger partial charge in [-0.3, -0.25) is 0 Å². The van der Waals surface area contributed by atoms with Crippen molar-refractivity contribution in [2.24, 2.45) is 0 Å². The molecule has 2 heteroatoms. The fraction of sp³-hybridized carbons (Fsp3) is 0.412. The van der Waals surface area contributed by atoms with Crippen LogP contribution in [0.15, 0.2) is 42.0 Å². The molecular weight excluding hydrogens is 254 g/mol. The van der Waals surface area contributed by atoms with E-state index in [1.165, 1.54) is 5.57 Å². The molecule has 1 atom stereocenters. The number of nitrogens with one attached hydrogen (secondary N) is 1. The highest BCUT2D eigenvalue weighted by atomic mass is 35.5. The van der Waals surface area contributed by atoms with Crippen molar-refractivity contribution < 1.29 is 0 Å². The minimum Gasteiger partial charge on any atom is -0.376 e. The predicted octanol–water partition coefficient (Wildman–Crippen LogP) is 5.75. The molecule has 0 aromatic heterocycles. The third-order valence-electron chi connectivity index (χ3n) is 3.56. The predicted molar refractivity (Wildman–Crippen MR) is 87.1 cm³/mol. The molecule has 1 N–H and O–H groups in total. The first-order valence-electron chi connectivity index (χ1n) is 6.90. The molecule has 0 aliphatic heterocycles. The maximum Gasteiger partial charge on any atom is 0.0592 e. The standard InChI is InChI=1S/C15H18ClN.C2H6/c1-11-7-4-5-10-15(11,3)17-14-9-6-8-13(16)12(14)2;1-2/h4-9,17H,10H2,1-3H3;1-2H3. The number of hydrogen-bond donors (Lipinski definition) is 1. The molecule has 0 radical (unpaired) electrons. The second-order valence-electron chi connectivity index (χ2n) is 4.85. The van der Waals surface area contributed by atoms with Crippen molar-refractivity contribution in [1.82, 2.24) is 0 Å².